The first-order chi connectivity index (χ1) is 14.4. The highest BCUT2D eigenvalue weighted by Crippen LogP contribution is 2.46. The highest BCUT2D eigenvalue weighted by molar-refractivity contribution is 6.09. The number of hydrogen-bond donors (Lipinski definition) is 2. The maximum Gasteiger partial charge on any atom is 0.326 e. The first-order valence-electron chi connectivity index (χ1n) is 10.6. The Hall–Kier alpha value is -2.90. The average Bonchev–Trinajstić information content (AvgIpc) is 2.80. The van der Waals surface area contributed by atoms with Gasteiger partial charge in [-0.25, -0.2) is 4.79 Å². The van der Waals surface area contributed by atoms with E-state index in [1.165, 1.54) is 0 Å². The third kappa shape index (κ3) is 5.24. The van der Waals surface area contributed by atoms with E-state index < -0.39 is 42.5 Å². The van der Waals surface area contributed by atoms with Crippen LogP contribution in [-0.2, 0) is 19.1 Å². The van der Waals surface area contributed by atoms with Crippen LogP contribution < -0.4 is 10.6 Å². The molecule has 1 heterocycles. The maximum atomic E-state index is 13.1. The number of benzene rings is 1. The monoisotopic (exact) mass is 429 g/mol. The molecule has 1 saturated carbocycles. The van der Waals surface area contributed by atoms with Crippen molar-refractivity contribution in [1.82, 2.24) is 10.2 Å². The van der Waals surface area contributed by atoms with Gasteiger partial charge in [-0.15, -0.1) is 0 Å². The fourth-order valence-corrected chi connectivity index (χ4v) is 5.21. The van der Waals surface area contributed by atoms with Crippen LogP contribution in [0.4, 0.5) is 10.5 Å². The number of ether oxygens (including phenoxy) is 1. The Morgan fingerprint density at radius 3 is 2.42 bits per heavy atom. The molecule has 1 aliphatic heterocycles. The predicted molar refractivity (Wildman–Crippen MR) is 115 cm³/mol. The Balaban J connectivity index is 1.56. The number of amides is 4. The fourth-order valence-electron chi connectivity index (χ4n) is 5.21. The molecule has 2 N–H and O–H groups in total. The van der Waals surface area contributed by atoms with Crippen LogP contribution in [0.1, 0.15) is 51.2 Å². The van der Waals surface area contributed by atoms with Crippen LogP contribution in [0.25, 0.3) is 0 Å². The molecule has 8 heteroatoms. The minimum absolute atomic E-state index is 0.0939. The summed E-state index contributed by atoms with van der Waals surface area (Å²) in [6.07, 6.45) is 2.04. The topological polar surface area (TPSA) is 105 Å². The van der Waals surface area contributed by atoms with Gasteiger partial charge in [-0.2, -0.15) is 0 Å². The van der Waals surface area contributed by atoms with Gasteiger partial charge in [0.05, 0.1) is 0 Å². The number of imide groups is 1. The van der Waals surface area contributed by atoms with Crippen molar-refractivity contribution in [1.29, 1.82) is 0 Å². The summed E-state index contributed by atoms with van der Waals surface area (Å²) in [4.78, 5) is 50.8. The van der Waals surface area contributed by atoms with Gasteiger partial charge in [0, 0.05) is 5.69 Å². The lowest BCUT2D eigenvalue weighted by Crippen LogP contribution is -2.54. The zero-order valence-electron chi connectivity index (χ0n) is 18.8. The Morgan fingerprint density at radius 1 is 1.16 bits per heavy atom. The molecule has 1 spiro atoms. The normalized spacial score (nSPS) is 24.8. The Kier molecular flexibility index (Phi) is 6.11. The number of urea groups is 1. The number of carbonyl (C=O) groups is 4. The van der Waals surface area contributed by atoms with Gasteiger partial charge in [-0.3, -0.25) is 19.3 Å². The molecule has 0 bridgehead atoms. The molecule has 0 unspecified atom stereocenters. The zero-order chi connectivity index (χ0) is 23.0. The van der Waals surface area contributed by atoms with Gasteiger partial charge in [0.2, 0.25) is 0 Å². The van der Waals surface area contributed by atoms with Gasteiger partial charge in [0.15, 0.2) is 6.61 Å². The second-order valence-corrected chi connectivity index (χ2v) is 9.84. The van der Waals surface area contributed by atoms with Gasteiger partial charge in [0.1, 0.15) is 12.1 Å². The molecule has 1 aromatic carbocycles. The molecule has 1 aromatic rings. The number of esters is 1. The highest BCUT2D eigenvalue weighted by Gasteiger charge is 2.56. The summed E-state index contributed by atoms with van der Waals surface area (Å²) in [6, 6.07) is 5.01. The van der Waals surface area contributed by atoms with E-state index in [0.29, 0.717) is 18.5 Å². The van der Waals surface area contributed by atoms with Crippen LogP contribution in [0.15, 0.2) is 18.2 Å². The highest BCUT2D eigenvalue weighted by atomic mass is 16.5. The Labute approximate surface area is 182 Å². The molecule has 8 nitrogen and oxygen atoms in total. The number of nitrogens with one attached hydrogen (secondary N) is 2. The molecule has 0 radical (unpaired) electrons. The van der Waals surface area contributed by atoms with E-state index in [4.69, 9.17) is 4.74 Å². The van der Waals surface area contributed by atoms with E-state index in [9.17, 15) is 19.2 Å². The van der Waals surface area contributed by atoms with Gasteiger partial charge < -0.3 is 15.4 Å². The second-order valence-electron chi connectivity index (χ2n) is 9.84. The number of hydrogen-bond acceptors (Lipinski definition) is 5. The van der Waals surface area contributed by atoms with E-state index in [2.05, 4.69) is 31.4 Å². The summed E-state index contributed by atoms with van der Waals surface area (Å²) in [5.74, 6) is -1.42. The largest absolute Gasteiger partial charge is 0.454 e. The number of rotatable bonds is 5. The first kappa shape index (κ1) is 22.8. The van der Waals surface area contributed by atoms with Crippen LogP contribution in [0, 0.1) is 25.2 Å². The SMILES string of the molecule is Cc1cc(C)cc(NC(=O)COC(=O)CN2C(=O)N[C@@]3(C[C@@H](C)CC(C)(C)C3)C2=O)c1. The lowest BCUT2D eigenvalue weighted by molar-refractivity contribution is -0.150. The summed E-state index contributed by atoms with van der Waals surface area (Å²) >= 11 is 0. The van der Waals surface area contributed by atoms with Gasteiger partial charge in [-0.05, 0) is 67.7 Å². The maximum absolute atomic E-state index is 13.1. The third-order valence-corrected chi connectivity index (χ3v) is 5.78. The second kappa shape index (κ2) is 8.32. The summed E-state index contributed by atoms with van der Waals surface area (Å²) in [6.45, 7) is 9.05. The zero-order valence-corrected chi connectivity index (χ0v) is 18.8. The van der Waals surface area contributed by atoms with Gasteiger partial charge in [0.25, 0.3) is 11.8 Å². The van der Waals surface area contributed by atoms with E-state index >= 15 is 0 Å². The van der Waals surface area contributed by atoms with Crippen LogP contribution >= 0.6 is 0 Å². The standard InChI is InChI=1S/C23H31N3O5/c1-14-6-15(2)8-17(7-14)24-18(27)12-31-19(28)11-26-20(29)23(25-21(26)30)10-16(3)9-22(4,5)13-23/h6-8,16H,9-13H2,1-5H3,(H,24,27)(H,25,30)/t16-,23+/m0/s1. The molecule has 3 rings (SSSR count). The van der Waals surface area contributed by atoms with Crippen LogP contribution in [0.2, 0.25) is 0 Å². The van der Waals surface area contributed by atoms with E-state index in [-0.39, 0.29) is 11.3 Å². The number of aryl methyl sites for hydroxylation is 2. The average molecular weight is 430 g/mol. The quantitative estimate of drug-likeness (QED) is 0.553. The lowest BCUT2D eigenvalue weighted by atomic mass is 9.64. The van der Waals surface area contributed by atoms with Crippen molar-refractivity contribution in [2.45, 2.75) is 59.4 Å². The first-order valence-corrected chi connectivity index (χ1v) is 10.6. The van der Waals surface area contributed by atoms with Crippen molar-refractivity contribution in [3.05, 3.63) is 29.3 Å². The molecule has 0 aromatic heterocycles. The van der Waals surface area contributed by atoms with Crippen LogP contribution in [0.5, 0.6) is 0 Å². The van der Waals surface area contributed by atoms with Gasteiger partial charge in [-0.1, -0.05) is 26.8 Å². The molecule has 1 saturated heterocycles. The van der Waals surface area contributed by atoms with Gasteiger partial charge >= 0.3 is 12.0 Å². The van der Waals surface area contributed by atoms with Crippen molar-refractivity contribution >= 4 is 29.5 Å². The van der Waals surface area contributed by atoms with Crippen molar-refractivity contribution in [3.63, 3.8) is 0 Å². The summed E-state index contributed by atoms with van der Waals surface area (Å²) in [5.41, 5.74) is 1.55. The Morgan fingerprint density at radius 2 is 1.81 bits per heavy atom. The van der Waals surface area contributed by atoms with E-state index in [1.807, 2.05) is 32.0 Å². The van der Waals surface area contributed by atoms with Crippen LogP contribution in [-0.4, -0.2) is 47.4 Å². The number of carbonyl (C=O) groups excluding carboxylic acids is 4. The minimum atomic E-state index is -0.973. The molecule has 2 fully saturated rings. The van der Waals surface area contributed by atoms with E-state index in [0.717, 1.165) is 22.4 Å². The smallest absolute Gasteiger partial charge is 0.326 e. The Bertz CT molecular complexity index is 906. The van der Waals surface area contributed by atoms with Crippen molar-refractivity contribution in [2.24, 2.45) is 11.3 Å². The molecule has 1 aliphatic carbocycles. The van der Waals surface area contributed by atoms with Crippen molar-refractivity contribution in [2.75, 3.05) is 18.5 Å². The molecule has 168 valence electrons. The molecular weight excluding hydrogens is 398 g/mol. The van der Waals surface area contributed by atoms with Crippen molar-refractivity contribution in [3.8, 4) is 0 Å². The summed E-state index contributed by atoms with van der Waals surface area (Å²) < 4.78 is 5.01. The molecule has 4 amide bonds. The summed E-state index contributed by atoms with van der Waals surface area (Å²) in [7, 11) is 0. The third-order valence-electron chi connectivity index (χ3n) is 5.78. The molecule has 2 aliphatic rings. The van der Waals surface area contributed by atoms with Crippen molar-refractivity contribution < 1.29 is 23.9 Å². The number of anilines is 1. The fraction of sp³-hybridized carbons (Fsp3) is 0.565. The number of nitrogens with zero attached hydrogens (tertiary/aromatic N) is 1. The minimum Gasteiger partial charge on any atom is -0.454 e. The predicted octanol–water partition coefficient (Wildman–Crippen LogP) is 2.92. The lowest BCUT2D eigenvalue weighted by Gasteiger charge is -2.43. The van der Waals surface area contributed by atoms with E-state index in [1.54, 1.807) is 0 Å². The molecule has 2 atom stereocenters. The summed E-state index contributed by atoms with van der Waals surface area (Å²) in [5, 5.41) is 5.49. The molecule has 31 heavy (non-hydrogen) atoms. The molecular formula is C23H31N3O5. The van der Waals surface area contributed by atoms with Crippen LogP contribution in [0.3, 0.4) is 0 Å².